The summed E-state index contributed by atoms with van der Waals surface area (Å²) >= 11 is 0. The molecule has 1 aromatic carbocycles. The molecule has 1 aromatic rings. The van der Waals surface area contributed by atoms with E-state index in [0.717, 1.165) is 12.5 Å². The van der Waals surface area contributed by atoms with E-state index in [-0.39, 0.29) is 30.5 Å². The number of amides is 1. The molecule has 2 N–H and O–H groups in total. The van der Waals surface area contributed by atoms with Crippen LogP contribution in [0.5, 0.6) is 0 Å². The SMILES string of the molecule is CCC(=O)NC[C@@H]1[C@@H](c2ccc(C3=CCCC3)cc2)[C@@H](CO)N1CC1CCCC1. The van der Waals surface area contributed by atoms with Gasteiger partial charge in [-0.1, -0.05) is 50.1 Å². The Balaban J connectivity index is 1.51. The van der Waals surface area contributed by atoms with Crippen LogP contribution in [0.1, 0.15) is 75.3 Å². The fraction of sp³-hybridized carbons (Fsp3) is 0.640. The van der Waals surface area contributed by atoms with Crippen LogP contribution in [0, 0.1) is 5.92 Å². The monoisotopic (exact) mass is 396 g/mol. The normalized spacial score (nSPS) is 27.7. The van der Waals surface area contributed by atoms with Crippen LogP contribution in [0.25, 0.3) is 5.57 Å². The molecule has 1 aliphatic heterocycles. The van der Waals surface area contributed by atoms with Crippen LogP contribution in [-0.4, -0.2) is 47.7 Å². The van der Waals surface area contributed by atoms with Gasteiger partial charge in [0.2, 0.25) is 5.91 Å². The summed E-state index contributed by atoms with van der Waals surface area (Å²) in [6.07, 6.45) is 11.8. The minimum atomic E-state index is 0.112. The van der Waals surface area contributed by atoms with Crippen molar-refractivity contribution in [1.82, 2.24) is 10.2 Å². The van der Waals surface area contributed by atoms with E-state index >= 15 is 0 Å². The van der Waals surface area contributed by atoms with Crippen molar-refractivity contribution >= 4 is 11.5 Å². The van der Waals surface area contributed by atoms with Crippen molar-refractivity contribution in [3.8, 4) is 0 Å². The highest BCUT2D eigenvalue weighted by Gasteiger charge is 2.49. The predicted octanol–water partition coefficient (Wildman–Crippen LogP) is 4.10. The first-order chi connectivity index (χ1) is 14.2. The van der Waals surface area contributed by atoms with Gasteiger partial charge < -0.3 is 10.4 Å². The first-order valence-electron chi connectivity index (χ1n) is 11.6. The lowest BCUT2D eigenvalue weighted by Crippen LogP contribution is -2.67. The van der Waals surface area contributed by atoms with Crippen molar-refractivity contribution in [3.05, 3.63) is 41.5 Å². The molecule has 1 heterocycles. The Morgan fingerprint density at radius 3 is 2.52 bits per heavy atom. The van der Waals surface area contributed by atoms with Crippen LogP contribution in [0.15, 0.2) is 30.3 Å². The van der Waals surface area contributed by atoms with Crippen molar-refractivity contribution in [2.75, 3.05) is 19.7 Å². The smallest absolute Gasteiger partial charge is 0.219 e. The maximum Gasteiger partial charge on any atom is 0.219 e. The standard InChI is InChI=1S/C25H36N2O2/c1-2-24(29)26-15-22-25(23(17-28)27(22)16-18-7-3-4-8-18)21-13-11-20(12-14-21)19-9-5-6-10-19/h9,11-14,18,22-23,25,28H,2-8,10,15-17H2,1H3,(H,26,29)/t22-,23-,25-/m1/s1. The topological polar surface area (TPSA) is 52.6 Å². The number of hydrogen-bond acceptors (Lipinski definition) is 3. The van der Waals surface area contributed by atoms with Gasteiger partial charge in [-0.25, -0.2) is 0 Å². The van der Waals surface area contributed by atoms with Crippen LogP contribution in [0.3, 0.4) is 0 Å². The summed E-state index contributed by atoms with van der Waals surface area (Å²) in [4.78, 5) is 14.4. The van der Waals surface area contributed by atoms with Crippen LogP contribution in [0.4, 0.5) is 0 Å². The number of allylic oxidation sites excluding steroid dienone is 2. The molecule has 4 nitrogen and oxygen atoms in total. The number of nitrogens with zero attached hydrogens (tertiary/aromatic N) is 1. The van der Waals surface area contributed by atoms with Gasteiger partial charge in [0, 0.05) is 37.5 Å². The summed E-state index contributed by atoms with van der Waals surface area (Å²) in [6.45, 7) is 3.81. The number of nitrogens with one attached hydrogen (secondary N) is 1. The van der Waals surface area contributed by atoms with Crippen molar-refractivity contribution in [3.63, 3.8) is 0 Å². The Bertz CT molecular complexity index is 721. The summed E-state index contributed by atoms with van der Waals surface area (Å²) in [5.41, 5.74) is 4.10. The van der Waals surface area contributed by atoms with Crippen molar-refractivity contribution in [1.29, 1.82) is 0 Å². The lowest BCUT2D eigenvalue weighted by atomic mass is 9.74. The fourth-order valence-electron chi connectivity index (χ4n) is 5.68. The zero-order valence-corrected chi connectivity index (χ0v) is 17.8. The maximum absolute atomic E-state index is 11.9. The lowest BCUT2D eigenvalue weighted by Gasteiger charge is -2.56. The van der Waals surface area contributed by atoms with E-state index in [0.29, 0.717) is 13.0 Å². The summed E-state index contributed by atoms with van der Waals surface area (Å²) in [7, 11) is 0. The van der Waals surface area contributed by atoms with E-state index in [1.165, 1.54) is 61.6 Å². The van der Waals surface area contributed by atoms with Gasteiger partial charge in [-0.15, -0.1) is 0 Å². The second-order valence-corrected chi connectivity index (χ2v) is 9.09. The minimum absolute atomic E-state index is 0.112. The first-order valence-corrected chi connectivity index (χ1v) is 11.6. The number of carbonyl (C=O) groups is 1. The number of rotatable bonds is 8. The molecule has 1 amide bonds. The summed E-state index contributed by atoms with van der Waals surface area (Å²) < 4.78 is 0. The molecular weight excluding hydrogens is 360 g/mol. The second kappa shape index (κ2) is 9.44. The average molecular weight is 397 g/mol. The molecule has 4 heteroatoms. The number of hydrogen-bond donors (Lipinski definition) is 2. The van der Waals surface area contributed by atoms with Gasteiger partial charge in [-0.2, -0.15) is 0 Å². The molecule has 0 aromatic heterocycles. The van der Waals surface area contributed by atoms with Crippen LogP contribution in [-0.2, 0) is 4.79 Å². The largest absolute Gasteiger partial charge is 0.395 e. The van der Waals surface area contributed by atoms with Gasteiger partial charge in [0.25, 0.3) is 0 Å². The van der Waals surface area contributed by atoms with Crippen LogP contribution >= 0.6 is 0 Å². The van der Waals surface area contributed by atoms with Gasteiger partial charge in [-0.05, 0) is 54.7 Å². The maximum atomic E-state index is 11.9. The molecule has 0 unspecified atom stereocenters. The van der Waals surface area contributed by atoms with Gasteiger partial charge in [0.15, 0.2) is 0 Å². The molecule has 3 atom stereocenters. The molecular formula is C25H36N2O2. The Morgan fingerprint density at radius 1 is 1.14 bits per heavy atom. The van der Waals surface area contributed by atoms with E-state index in [1.807, 2.05) is 6.92 Å². The van der Waals surface area contributed by atoms with E-state index in [1.54, 1.807) is 0 Å². The number of aliphatic hydroxyl groups excluding tert-OH is 1. The third-order valence-corrected chi connectivity index (χ3v) is 7.35. The highest BCUT2D eigenvalue weighted by Crippen LogP contribution is 2.42. The molecule has 1 saturated heterocycles. The van der Waals surface area contributed by atoms with Crippen LogP contribution in [0.2, 0.25) is 0 Å². The van der Waals surface area contributed by atoms with Gasteiger partial charge in [-0.3, -0.25) is 9.69 Å². The van der Waals surface area contributed by atoms with Crippen molar-refractivity contribution in [2.24, 2.45) is 5.92 Å². The predicted molar refractivity (Wildman–Crippen MR) is 118 cm³/mol. The van der Waals surface area contributed by atoms with Crippen molar-refractivity contribution < 1.29 is 9.90 Å². The van der Waals surface area contributed by atoms with E-state index in [4.69, 9.17) is 0 Å². The molecule has 0 bridgehead atoms. The Morgan fingerprint density at radius 2 is 1.90 bits per heavy atom. The third kappa shape index (κ3) is 4.44. The van der Waals surface area contributed by atoms with Crippen LogP contribution < -0.4 is 5.32 Å². The zero-order valence-electron chi connectivity index (χ0n) is 17.8. The highest BCUT2D eigenvalue weighted by molar-refractivity contribution is 5.75. The first kappa shape index (κ1) is 20.6. The summed E-state index contributed by atoms with van der Waals surface area (Å²) in [5.74, 6) is 1.14. The summed E-state index contributed by atoms with van der Waals surface area (Å²) in [5, 5.41) is 13.3. The second-order valence-electron chi connectivity index (χ2n) is 9.09. The fourth-order valence-corrected chi connectivity index (χ4v) is 5.68. The highest BCUT2D eigenvalue weighted by atomic mass is 16.3. The Kier molecular flexibility index (Phi) is 6.71. The molecule has 2 fully saturated rings. The molecule has 4 rings (SSSR count). The Labute approximate surface area is 175 Å². The minimum Gasteiger partial charge on any atom is -0.395 e. The van der Waals surface area contributed by atoms with E-state index in [2.05, 4.69) is 40.6 Å². The van der Waals surface area contributed by atoms with Gasteiger partial charge >= 0.3 is 0 Å². The molecule has 1 saturated carbocycles. The summed E-state index contributed by atoms with van der Waals surface area (Å²) in [6, 6.07) is 9.45. The quantitative estimate of drug-likeness (QED) is 0.696. The average Bonchev–Trinajstić information content (AvgIpc) is 3.45. The lowest BCUT2D eigenvalue weighted by molar-refractivity contribution is -0.122. The number of aliphatic hydroxyl groups is 1. The number of benzene rings is 1. The number of carbonyl (C=O) groups excluding carboxylic acids is 1. The van der Waals surface area contributed by atoms with Gasteiger partial charge in [0.05, 0.1) is 6.61 Å². The van der Waals surface area contributed by atoms with Gasteiger partial charge in [0.1, 0.15) is 0 Å². The molecule has 0 radical (unpaired) electrons. The van der Waals surface area contributed by atoms with E-state index in [9.17, 15) is 9.90 Å². The molecule has 29 heavy (non-hydrogen) atoms. The Hall–Kier alpha value is -1.65. The third-order valence-electron chi connectivity index (χ3n) is 7.35. The molecule has 158 valence electrons. The van der Waals surface area contributed by atoms with Crippen molar-refractivity contribution in [2.45, 2.75) is 76.3 Å². The van der Waals surface area contributed by atoms with E-state index < -0.39 is 0 Å². The molecule has 2 aliphatic carbocycles. The molecule has 3 aliphatic rings. The molecule has 0 spiro atoms. The number of likely N-dealkylation sites (tertiary alicyclic amines) is 1. The zero-order chi connectivity index (χ0) is 20.2.